The van der Waals surface area contributed by atoms with E-state index in [-0.39, 0.29) is 6.54 Å². The lowest BCUT2D eigenvalue weighted by atomic mass is 10.1. The van der Waals surface area contributed by atoms with Gasteiger partial charge in [-0.2, -0.15) is 11.3 Å². The normalized spacial score (nSPS) is 11.7. The first kappa shape index (κ1) is 15.1. The zero-order chi connectivity index (χ0) is 15.1. The van der Waals surface area contributed by atoms with Crippen LogP contribution in [0.5, 0.6) is 0 Å². The molecular weight excluding hydrogens is 290 g/mol. The minimum Gasteiger partial charge on any atom is -0.388 e. The maximum atomic E-state index is 11.6. The molecule has 6 nitrogen and oxygen atoms in total. The third kappa shape index (κ3) is 4.66. The standard InChI is InChI=1S/C14H15N3O3S/c18-12(10-4-7-21-9-10)3-6-16-13(19)14(20)17-11-2-1-5-15-8-11/h1-2,4-5,7-9,12,18H,3,6H2,(H,16,19)(H,17,20)/t12-/m1/s1. The van der Waals surface area contributed by atoms with Gasteiger partial charge in [0.2, 0.25) is 0 Å². The predicted octanol–water partition coefficient (Wildman–Crippen LogP) is 1.32. The summed E-state index contributed by atoms with van der Waals surface area (Å²) in [5.74, 6) is -1.50. The molecule has 0 aromatic carbocycles. The molecule has 0 saturated carbocycles. The van der Waals surface area contributed by atoms with Crippen LogP contribution in [0.4, 0.5) is 5.69 Å². The molecule has 2 rings (SSSR count). The SMILES string of the molecule is O=C(NCC[C@@H](O)c1ccsc1)C(=O)Nc1cccnc1. The number of hydrogen-bond donors (Lipinski definition) is 3. The van der Waals surface area contributed by atoms with Crippen LogP contribution >= 0.6 is 11.3 Å². The molecule has 3 N–H and O–H groups in total. The molecule has 1 atom stereocenters. The first-order valence-corrected chi connectivity index (χ1v) is 7.30. The molecular formula is C14H15N3O3S. The Morgan fingerprint density at radius 2 is 2.19 bits per heavy atom. The number of aliphatic hydroxyl groups is 1. The van der Waals surface area contributed by atoms with Crippen molar-refractivity contribution < 1.29 is 14.7 Å². The van der Waals surface area contributed by atoms with Crippen molar-refractivity contribution in [2.75, 3.05) is 11.9 Å². The van der Waals surface area contributed by atoms with Gasteiger partial charge in [0.15, 0.2) is 0 Å². The van der Waals surface area contributed by atoms with Gasteiger partial charge in [-0.15, -0.1) is 0 Å². The predicted molar refractivity (Wildman–Crippen MR) is 79.8 cm³/mol. The molecule has 0 fully saturated rings. The van der Waals surface area contributed by atoms with E-state index in [0.29, 0.717) is 12.1 Å². The van der Waals surface area contributed by atoms with Crippen molar-refractivity contribution in [3.05, 3.63) is 46.9 Å². The van der Waals surface area contributed by atoms with Crippen molar-refractivity contribution in [3.8, 4) is 0 Å². The summed E-state index contributed by atoms with van der Waals surface area (Å²) in [6.45, 7) is 0.219. The molecule has 110 valence electrons. The van der Waals surface area contributed by atoms with Gasteiger partial charge in [0, 0.05) is 12.7 Å². The Hall–Kier alpha value is -2.25. The molecule has 2 aromatic rings. The van der Waals surface area contributed by atoms with Crippen LogP contribution in [-0.2, 0) is 9.59 Å². The van der Waals surface area contributed by atoms with Gasteiger partial charge in [-0.05, 0) is 40.9 Å². The summed E-state index contributed by atoms with van der Waals surface area (Å²) >= 11 is 1.50. The van der Waals surface area contributed by atoms with Crippen molar-refractivity contribution in [2.45, 2.75) is 12.5 Å². The van der Waals surface area contributed by atoms with E-state index in [1.807, 2.05) is 16.8 Å². The zero-order valence-corrected chi connectivity index (χ0v) is 12.0. The Kier molecular flexibility index (Phi) is 5.42. The Balaban J connectivity index is 1.73. The third-order valence-electron chi connectivity index (χ3n) is 2.76. The fraction of sp³-hybridized carbons (Fsp3) is 0.214. The monoisotopic (exact) mass is 305 g/mol. The highest BCUT2D eigenvalue weighted by molar-refractivity contribution is 7.07. The third-order valence-corrected chi connectivity index (χ3v) is 3.46. The maximum absolute atomic E-state index is 11.6. The molecule has 0 aliphatic rings. The molecule has 2 aromatic heterocycles. The highest BCUT2D eigenvalue weighted by Gasteiger charge is 2.14. The Morgan fingerprint density at radius 3 is 2.86 bits per heavy atom. The van der Waals surface area contributed by atoms with Gasteiger partial charge in [0.25, 0.3) is 0 Å². The van der Waals surface area contributed by atoms with Crippen LogP contribution in [0.25, 0.3) is 0 Å². The maximum Gasteiger partial charge on any atom is 0.313 e. The van der Waals surface area contributed by atoms with E-state index in [1.54, 1.807) is 18.3 Å². The van der Waals surface area contributed by atoms with Crippen LogP contribution in [0.15, 0.2) is 41.4 Å². The van der Waals surface area contributed by atoms with Gasteiger partial charge < -0.3 is 15.7 Å². The number of thiophene rings is 1. The number of nitrogens with one attached hydrogen (secondary N) is 2. The van der Waals surface area contributed by atoms with Crippen molar-refractivity contribution in [1.29, 1.82) is 0 Å². The van der Waals surface area contributed by atoms with Crippen LogP contribution in [0.3, 0.4) is 0 Å². The molecule has 2 heterocycles. The van der Waals surface area contributed by atoms with E-state index in [0.717, 1.165) is 5.56 Å². The molecule has 0 bridgehead atoms. The lowest BCUT2D eigenvalue weighted by Gasteiger charge is -2.10. The van der Waals surface area contributed by atoms with Gasteiger partial charge in [0.1, 0.15) is 0 Å². The van der Waals surface area contributed by atoms with Gasteiger partial charge in [-0.3, -0.25) is 14.6 Å². The molecule has 0 spiro atoms. The number of carbonyl (C=O) groups excluding carboxylic acids is 2. The van der Waals surface area contributed by atoms with Crippen molar-refractivity contribution in [1.82, 2.24) is 10.3 Å². The van der Waals surface area contributed by atoms with Crippen LogP contribution in [-0.4, -0.2) is 28.4 Å². The van der Waals surface area contributed by atoms with Crippen LogP contribution in [0.1, 0.15) is 18.1 Å². The zero-order valence-electron chi connectivity index (χ0n) is 11.2. The Labute approximate surface area is 125 Å². The summed E-state index contributed by atoms with van der Waals surface area (Å²) in [6, 6.07) is 5.12. The molecule has 0 aliphatic carbocycles. The first-order valence-electron chi connectivity index (χ1n) is 6.36. The van der Waals surface area contributed by atoms with E-state index in [9.17, 15) is 14.7 Å². The smallest absolute Gasteiger partial charge is 0.313 e. The van der Waals surface area contributed by atoms with Gasteiger partial charge in [0.05, 0.1) is 18.0 Å². The summed E-state index contributed by atoms with van der Waals surface area (Å²) in [7, 11) is 0. The molecule has 21 heavy (non-hydrogen) atoms. The topological polar surface area (TPSA) is 91.3 Å². The lowest BCUT2D eigenvalue weighted by molar-refractivity contribution is -0.136. The largest absolute Gasteiger partial charge is 0.388 e. The first-order chi connectivity index (χ1) is 10.2. The molecule has 0 unspecified atom stereocenters. The van der Waals surface area contributed by atoms with Crippen molar-refractivity contribution >= 4 is 28.8 Å². The number of pyridine rings is 1. The minimum atomic E-state index is -0.756. The second-order valence-electron chi connectivity index (χ2n) is 4.31. The summed E-state index contributed by atoms with van der Waals surface area (Å²) in [5.41, 5.74) is 1.27. The van der Waals surface area contributed by atoms with Gasteiger partial charge >= 0.3 is 11.8 Å². The number of nitrogens with zero attached hydrogens (tertiary/aromatic N) is 1. The number of rotatable bonds is 5. The average Bonchev–Trinajstić information content (AvgIpc) is 3.02. The summed E-state index contributed by atoms with van der Waals surface area (Å²) in [4.78, 5) is 27.0. The van der Waals surface area contributed by atoms with Gasteiger partial charge in [-0.25, -0.2) is 0 Å². The Bertz CT molecular complexity index is 587. The summed E-state index contributed by atoms with van der Waals surface area (Å²) in [5, 5.41) is 18.5. The highest BCUT2D eigenvalue weighted by Crippen LogP contribution is 2.18. The van der Waals surface area contributed by atoms with Crippen molar-refractivity contribution in [2.24, 2.45) is 0 Å². The average molecular weight is 305 g/mol. The lowest BCUT2D eigenvalue weighted by Crippen LogP contribution is -2.36. The number of carbonyl (C=O) groups is 2. The number of aromatic nitrogens is 1. The number of aliphatic hydroxyl groups excluding tert-OH is 1. The van der Waals surface area contributed by atoms with E-state index >= 15 is 0 Å². The van der Waals surface area contributed by atoms with Crippen LogP contribution < -0.4 is 10.6 Å². The summed E-state index contributed by atoms with van der Waals surface area (Å²) in [6.07, 6.45) is 2.73. The molecule has 0 aliphatic heterocycles. The van der Waals surface area contributed by atoms with Crippen LogP contribution in [0.2, 0.25) is 0 Å². The van der Waals surface area contributed by atoms with Gasteiger partial charge in [-0.1, -0.05) is 0 Å². The molecule has 0 radical (unpaired) electrons. The number of amides is 2. The van der Waals surface area contributed by atoms with E-state index in [4.69, 9.17) is 0 Å². The van der Waals surface area contributed by atoms with Crippen LogP contribution in [0, 0.1) is 0 Å². The quantitative estimate of drug-likeness (QED) is 0.727. The fourth-order valence-electron chi connectivity index (χ4n) is 1.66. The number of anilines is 1. The fourth-order valence-corrected chi connectivity index (χ4v) is 2.37. The summed E-state index contributed by atoms with van der Waals surface area (Å²) < 4.78 is 0. The molecule has 2 amide bonds. The Morgan fingerprint density at radius 1 is 1.33 bits per heavy atom. The second kappa shape index (κ2) is 7.51. The van der Waals surface area contributed by atoms with E-state index < -0.39 is 17.9 Å². The van der Waals surface area contributed by atoms with E-state index in [2.05, 4.69) is 15.6 Å². The van der Waals surface area contributed by atoms with E-state index in [1.165, 1.54) is 17.5 Å². The number of hydrogen-bond acceptors (Lipinski definition) is 5. The second-order valence-corrected chi connectivity index (χ2v) is 5.09. The highest BCUT2D eigenvalue weighted by atomic mass is 32.1. The van der Waals surface area contributed by atoms with Crippen molar-refractivity contribution in [3.63, 3.8) is 0 Å². The minimum absolute atomic E-state index is 0.219. The molecule has 0 saturated heterocycles. The molecule has 7 heteroatoms.